The minimum atomic E-state index is -0.0930. The Hall–Kier alpha value is -3.24. The molecule has 0 atom stereocenters. The number of nitrogens with zero attached hydrogens (tertiary/aromatic N) is 4. The summed E-state index contributed by atoms with van der Waals surface area (Å²) in [6, 6.07) is 17.6. The number of hydrogen-bond donors (Lipinski definition) is 0. The van der Waals surface area contributed by atoms with E-state index < -0.39 is 0 Å². The summed E-state index contributed by atoms with van der Waals surface area (Å²) in [5.74, 6) is 1.32. The van der Waals surface area contributed by atoms with Crippen molar-refractivity contribution in [3.63, 3.8) is 0 Å². The number of fused-ring (bicyclic) bond motifs is 3. The van der Waals surface area contributed by atoms with E-state index in [9.17, 15) is 4.79 Å². The van der Waals surface area contributed by atoms with Gasteiger partial charge in [0.25, 0.3) is 5.91 Å². The fraction of sp³-hybridized carbons (Fsp3) is 0.222. The van der Waals surface area contributed by atoms with Crippen LogP contribution >= 0.6 is 35.1 Å². The van der Waals surface area contributed by atoms with Gasteiger partial charge in [-0.25, -0.2) is 9.97 Å². The number of aromatic nitrogens is 2. The molecule has 5 aromatic rings. The molecule has 2 aromatic carbocycles. The zero-order valence-electron chi connectivity index (χ0n) is 20.3. The van der Waals surface area contributed by atoms with E-state index in [4.69, 9.17) is 19.4 Å². The van der Waals surface area contributed by atoms with Crippen LogP contribution in [0.15, 0.2) is 60.0 Å². The molecule has 0 radical (unpaired) electrons. The maximum Gasteiger partial charge on any atom is 0.260 e. The van der Waals surface area contributed by atoms with Crippen molar-refractivity contribution < 1.29 is 14.3 Å². The normalized spacial score (nSPS) is 12.6. The molecular weight excluding hydrogens is 528 g/mol. The van der Waals surface area contributed by atoms with Gasteiger partial charge in [0, 0.05) is 30.6 Å². The first kappa shape index (κ1) is 25.4. The molecular formula is C27H25ClN4O3S2. The highest BCUT2D eigenvalue weighted by Gasteiger charge is 2.25. The molecule has 190 valence electrons. The number of benzene rings is 2. The third-order valence-electron chi connectivity index (χ3n) is 6.01. The van der Waals surface area contributed by atoms with Crippen molar-refractivity contribution in [2.75, 3.05) is 45.3 Å². The van der Waals surface area contributed by atoms with E-state index in [0.717, 1.165) is 37.4 Å². The second-order valence-electron chi connectivity index (χ2n) is 8.77. The highest BCUT2D eigenvalue weighted by Crippen LogP contribution is 2.39. The molecule has 1 aliphatic heterocycles. The molecule has 0 N–H and O–H groups in total. The number of pyridine rings is 1. The largest absolute Gasteiger partial charge is 0.486 e. The molecule has 37 heavy (non-hydrogen) atoms. The van der Waals surface area contributed by atoms with Crippen LogP contribution in [0.4, 0.5) is 5.13 Å². The van der Waals surface area contributed by atoms with Crippen molar-refractivity contribution >= 4 is 67.2 Å². The van der Waals surface area contributed by atoms with Gasteiger partial charge in [-0.15, -0.1) is 23.7 Å². The Morgan fingerprint density at radius 3 is 2.49 bits per heavy atom. The minimum Gasteiger partial charge on any atom is -0.486 e. The van der Waals surface area contributed by atoms with Crippen molar-refractivity contribution in [1.29, 1.82) is 0 Å². The SMILES string of the molecule is CN(C)CCN(C(=O)c1cc(-c2cccs2)nc2ccccc12)c1nc2cc3c(cc2s1)OCCO3.Cl. The summed E-state index contributed by atoms with van der Waals surface area (Å²) in [6.07, 6.45) is 0. The lowest BCUT2D eigenvalue weighted by Crippen LogP contribution is -2.37. The molecule has 4 heterocycles. The number of carbonyl (C=O) groups is 1. The Bertz CT molecular complexity index is 1530. The van der Waals surface area contributed by atoms with Gasteiger partial charge in [-0.05, 0) is 37.7 Å². The average molecular weight is 553 g/mol. The van der Waals surface area contributed by atoms with E-state index in [0.29, 0.717) is 42.7 Å². The molecule has 0 bridgehead atoms. The van der Waals surface area contributed by atoms with E-state index in [1.54, 1.807) is 16.2 Å². The monoisotopic (exact) mass is 552 g/mol. The predicted octanol–water partition coefficient (Wildman–Crippen LogP) is 5.97. The zero-order chi connectivity index (χ0) is 24.6. The van der Waals surface area contributed by atoms with E-state index in [1.165, 1.54) is 11.3 Å². The lowest BCUT2D eigenvalue weighted by Gasteiger charge is -2.23. The molecule has 10 heteroatoms. The van der Waals surface area contributed by atoms with E-state index >= 15 is 0 Å². The number of anilines is 1. The van der Waals surface area contributed by atoms with E-state index in [1.807, 2.05) is 74.1 Å². The van der Waals surface area contributed by atoms with Crippen LogP contribution in [0.2, 0.25) is 0 Å². The highest BCUT2D eigenvalue weighted by molar-refractivity contribution is 7.22. The maximum absolute atomic E-state index is 14.2. The molecule has 7 nitrogen and oxygen atoms in total. The first-order chi connectivity index (χ1) is 17.6. The quantitative estimate of drug-likeness (QED) is 0.258. The lowest BCUT2D eigenvalue weighted by molar-refractivity contribution is 0.0986. The van der Waals surface area contributed by atoms with Crippen molar-refractivity contribution in [1.82, 2.24) is 14.9 Å². The van der Waals surface area contributed by atoms with Gasteiger partial charge in [0.15, 0.2) is 16.6 Å². The summed E-state index contributed by atoms with van der Waals surface area (Å²) in [5.41, 5.74) is 3.00. The Morgan fingerprint density at radius 2 is 1.73 bits per heavy atom. The number of likely N-dealkylation sites (N-methyl/N-ethyl adjacent to an activating group) is 1. The van der Waals surface area contributed by atoms with Gasteiger partial charge in [-0.2, -0.15) is 0 Å². The van der Waals surface area contributed by atoms with Crippen LogP contribution in [0.3, 0.4) is 0 Å². The summed E-state index contributed by atoms with van der Waals surface area (Å²) >= 11 is 3.10. The van der Waals surface area contributed by atoms with Crippen LogP contribution in [0.1, 0.15) is 10.4 Å². The Kier molecular flexibility index (Phi) is 7.30. The summed E-state index contributed by atoms with van der Waals surface area (Å²) in [6.45, 7) is 2.25. The number of ether oxygens (including phenoxy) is 2. The van der Waals surface area contributed by atoms with Crippen molar-refractivity contribution in [3.8, 4) is 22.1 Å². The Labute approximate surface area is 228 Å². The van der Waals surface area contributed by atoms with E-state index in [2.05, 4.69) is 4.90 Å². The van der Waals surface area contributed by atoms with Gasteiger partial charge in [0.05, 0.1) is 31.9 Å². The highest BCUT2D eigenvalue weighted by atomic mass is 35.5. The van der Waals surface area contributed by atoms with Crippen molar-refractivity contribution in [2.45, 2.75) is 0 Å². The van der Waals surface area contributed by atoms with Crippen LogP contribution in [-0.4, -0.2) is 61.2 Å². The number of thiophene rings is 1. The zero-order valence-corrected chi connectivity index (χ0v) is 22.8. The molecule has 0 fully saturated rings. The molecule has 0 saturated heterocycles. The summed E-state index contributed by atoms with van der Waals surface area (Å²) in [4.78, 5) is 28.8. The number of hydrogen-bond acceptors (Lipinski definition) is 8. The standard InChI is InChI=1S/C27H24N4O3S2.ClH/c1-30(2)9-10-31(27-29-21-15-22-23(16-25(21)36-27)34-12-11-33-22)26(32)18-14-20(24-8-5-13-35-24)28-19-7-4-3-6-17(18)19;/h3-8,13-16H,9-12H2,1-2H3;1H. The third-order valence-corrected chi connectivity index (χ3v) is 7.94. The molecule has 0 unspecified atom stereocenters. The van der Waals surface area contributed by atoms with Crippen LogP contribution in [-0.2, 0) is 0 Å². The maximum atomic E-state index is 14.2. The summed E-state index contributed by atoms with van der Waals surface area (Å²) < 4.78 is 12.4. The number of carbonyl (C=O) groups excluding carboxylic acids is 1. The van der Waals surface area contributed by atoms with Crippen LogP contribution in [0.25, 0.3) is 31.7 Å². The van der Waals surface area contributed by atoms with Gasteiger partial charge < -0.3 is 14.4 Å². The fourth-order valence-corrected chi connectivity index (χ4v) is 5.89. The van der Waals surface area contributed by atoms with Crippen LogP contribution in [0.5, 0.6) is 11.5 Å². The van der Waals surface area contributed by atoms with Crippen molar-refractivity contribution in [2.24, 2.45) is 0 Å². The first-order valence-corrected chi connectivity index (χ1v) is 13.4. The summed E-state index contributed by atoms with van der Waals surface area (Å²) in [7, 11) is 4.00. The first-order valence-electron chi connectivity index (χ1n) is 11.7. The smallest absolute Gasteiger partial charge is 0.260 e. The van der Waals surface area contributed by atoms with Crippen molar-refractivity contribution in [3.05, 3.63) is 65.5 Å². The molecule has 0 aliphatic carbocycles. The molecule has 6 rings (SSSR count). The van der Waals surface area contributed by atoms with Gasteiger partial charge in [0.1, 0.15) is 13.2 Å². The second kappa shape index (κ2) is 10.6. The second-order valence-corrected chi connectivity index (χ2v) is 10.7. The molecule has 1 amide bonds. The molecule has 3 aromatic heterocycles. The van der Waals surface area contributed by atoms with Gasteiger partial charge in [0.2, 0.25) is 0 Å². The summed E-state index contributed by atoms with van der Waals surface area (Å²) in [5, 5.41) is 3.50. The lowest BCUT2D eigenvalue weighted by atomic mass is 10.1. The van der Waals surface area contributed by atoms with Gasteiger partial charge in [-0.1, -0.05) is 35.6 Å². The number of para-hydroxylation sites is 1. The fourth-order valence-electron chi connectivity index (χ4n) is 4.20. The topological polar surface area (TPSA) is 67.8 Å². The molecule has 0 saturated carbocycles. The Balaban J connectivity index is 0.00000280. The van der Waals surface area contributed by atoms with Gasteiger partial charge >= 0.3 is 0 Å². The van der Waals surface area contributed by atoms with E-state index in [-0.39, 0.29) is 18.3 Å². The molecule has 0 spiro atoms. The van der Waals surface area contributed by atoms with Gasteiger partial charge in [-0.3, -0.25) is 9.69 Å². The average Bonchev–Trinajstić information content (AvgIpc) is 3.56. The number of thiazole rings is 1. The minimum absolute atomic E-state index is 0. The number of rotatable bonds is 6. The van der Waals surface area contributed by atoms with Crippen LogP contribution < -0.4 is 14.4 Å². The third kappa shape index (κ3) is 5.00. The number of halogens is 1. The van der Waals surface area contributed by atoms with Crippen LogP contribution in [0, 0.1) is 0 Å². The predicted molar refractivity (Wildman–Crippen MR) is 153 cm³/mol. The number of amides is 1. The molecule has 1 aliphatic rings. The Morgan fingerprint density at radius 1 is 0.946 bits per heavy atom.